The van der Waals surface area contributed by atoms with Gasteiger partial charge in [0.25, 0.3) is 0 Å². The Bertz CT molecular complexity index is 569. The Hall–Kier alpha value is -1.85. The standard InChI is InChI=1S/C18H30N4O2/c1-5-7-18(4,8-6-2)17(24)22-10-14(11-22)21-16(23)9-15-13(3)19-12-20-15/h12,14H,5-11H2,1-4H3,(H,19,20)(H,21,23). The Morgan fingerprint density at radius 1 is 1.33 bits per heavy atom. The van der Waals surface area contributed by atoms with Crippen molar-refractivity contribution in [3.63, 3.8) is 0 Å². The summed E-state index contributed by atoms with van der Waals surface area (Å²) < 4.78 is 0. The first-order valence-electron chi connectivity index (χ1n) is 8.97. The van der Waals surface area contributed by atoms with Gasteiger partial charge in [-0.15, -0.1) is 0 Å². The van der Waals surface area contributed by atoms with Crippen molar-refractivity contribution in [2.24, 2.45) is 5.41 Å². The van der Waals surface area contributed by atoms with Gasteiger partial charge in [-0.25, -0.2) is 4.98 Å². The lowest BCUT2D eigenvalue weighted by Crippen LogP contribution is -2.63. The van der Waals surface area contributed by atoms with Gasteiger partial charge >= 0.3 is 0 Å². The molecule has 6 nitrogen and oxygen atoms in total. The zero-order chi connectivity index (χ0) is 17.7. The number of carbonyl (C=O) groups excluding carboxylic acids is 2. The molecule has 0 saturated carbocycles. The second-order valence-electron chi connectivity index (χ2n) is 7.19. The number of aryl methyl sites for hydroxylation is 1. The summed E-state index contributed by atoms with van der Waals surface area (Å²) in [7, 11) is 0. The lowest BCUT2D eigenvalue weighted by atomic mass is 9.79. The van der Waals surface area contributed by atoms with Crippen LogP contribution < -0.4 is 5.32 Å². The minimum Gasteiger partial charge on any atom is -0.349 e. The Morgan fingerprint density at radius 2 is 1.96 bits per heavy atom. The highest BCUT2D eigenvalue weighted by Crippen LogP contribution is 2.33. The van der Waals surface area contributed by atoms with Crippen molar-refractivity contribution in [3.8, 4) is 0 Å². The van der Waals surface area contributed by atoms with E-state index in [0.29, 0.717) is 13.1 Å². The summed E-state index contributed by atoms with van der Waals surface area (Å²) >= 11 is 0. The number of likely N-dealkylation sites (tertiary alicyclic amines) is 1. The van der Waals surface area contributed by atoms with Crippen molar-refractivity contribution < 1.29 is 9.59 Å². The number of nitrogens with zero attached hydrogens (tertiary/aromatic N) is 2. The van der Waals surface area contributed by atoms with E-state index in [-0.39, 0.29) is 29.7 Å². The molecule has 2 amide bonds. The van der Waals surface area contributed by atoms with Crippen LogP contribution in [0.2, 0.25) is 0 Å². The number of aromatic nitrogens is 2. The van der Waals surface area contributed by atoms with Crippen LogP contribution in [-0.4, -0.2) is 45.8 Å². The quantitative estimate of drug-likeness (QED) is 0.765. The zero-order valence-electron chi connectivity index (χ0n) is 15.3. The van der Waals surface area contributed by atoms with Crippen molar-refractivity contribution in [1.82, 2.24) is 20.2 Å². The minimum atomic E-state index is -0.259. The molecule has 1 aromatic rings. The molecule has 1 aromatic heterocycles. The van der Waals surface area contributed by atoms with E-state index < -0.39 is 0 Å². The van der Waals surface area contributed by atoms with E-state index in [0.717, 1.165) is 37.1 Å². The molecular weight excluding hydrogens is 304 g/mol. The summed E-state index contributed by atoms with van der Waals surface area (Å²) in [6, 6.07) is 0.0631. The molecule has 1 aliphatic heterocycles. The molecule has 1 fully saturated rings. The van der Waals surface area contributed by atoms with E-state index in [1.54, 1.807) is 6.33 Å². The van der Waals surface area contributed by atoms with E-state index in [1.165, 1.54) is 0 Å². The molecule has 2 rings (SSSR count). The maximum absolute atomic E-state index is 12.8. The summed E-state index contributed by atoms with van der Waals surface area (Å²) in [6.45, 7) is 9.46. The number of rotatable bonds is 8. The van der Waals surface area contributed by atoms with Crippen LogP contribution in [0.25, 0.3) is 0 Å². The Morgan fingerprint density at radius 3 is 2.46 bits per heavy atom. The van der Waals surface area contributed by atoms with Gasteiger partial charge in [0.15, 0.2) is 0 Å². The molecule has 2 N–H and O–H groups in total. The Labute approximate surface area is 144 Å². The van der Waals surface area contributed by atoms with Crippen molar-refractivity contribution >= 4 is 11.8 Å². The van der Waals surface area contributed by atoms with Crippen molar-refractivity contribution in [1.29, 1.82) is 0 Å². The first kappa shape index (κ1) is 18.5. The number of amides is 2. The van der Waals surface area contributed by atoms with E-state index in [2.05, 4.69) is 36.1 Å². The number of imidazole rings is 1. The Balaban J connectivity index is 1.80. The smallest absolute Gasteiger partial charge is 0.228 e. The maximum Gasteiger partial charge on any atom is 0.228 e. The molecule has 1 aliphatic rings. The highest BCUT2D eigenvalue weighted by atomic mass is 16.2. The van der Waals surface area contributed by atoms with Gasteiger partial charge in [0.2, 0.25) is 11.8 Å². The number of hydrogen-bond donors (Lipinski definition) is 2. The molecule has 0 aromatic carbocycles. The molecule has 134 valence electrons. The average Bonchev–Trinajstić information content (AvgIpc) is 2.87. The van der Waals surface area contributed by atoms with E-state index in [1.807, 2.05) is 11.8 Å². The molecule has 0 radical (unpaired) electrons. The predicted molar refractivity (Wildman–Crippen MR) is 93.5 cm³/mol. The fourth-order valence-corrected chi connectivity index (χ4v) is 3.56. The van der Waals surface area contributed by atoms with Crippen LogP contribution in [0.15, 0.2) is 6.33 Å². The first-order chi connectivity index (χ1) is 11.4. The SMILES string of the molecule is CCCC(C)(CCC)C(=O)N1CC(NC(=O)Cc2nc[nH]c2C)C1. The monoisotopic (exact) mass is 334 g/mol. The van der Waals surface area contributed by atoms with Crippen LogP contribution in [0.1, 0.15) is 57.8 Å². The van der Waals surface area contributed by atoms with Gasteiger partial charge in [-0.3, -0.25) is 9.59 Å². The molecule has 24 heavy (non-hydrogen) atoms. The number of aromatic amines is 1. The summed E-state index contributed by atoms with van der Waals surface area (Å²) in [5, 5.41) is 3.00. The largest absolute Gasteiger partial charge is 0.349 e. The lowest BCUT2D eigenvalue weighted by Gasteiger charge is -2.44. The predicted octanol–water partition coefficient (Wildman–Crippen LogP) is 2.19. The summed E-state index contributed by atoms with van der Waals surface area (Å²) in [5.41, 5.74) is 1.44. The highest BCUT2D eigenvalue weighted by Gasteiger charge is 2.40. The molecule has 0 unspecified atom stereocenters. The molecule has 0 aliphatic carbocycles. The molecular formula is C18H30N4O2. The summed E-state index contributed by atoms with van der Waals surface area (Å²) in [5.74, 6) is 0.201. The number of nitrogens with one attached hydrogen (secondary N) is 2. The van der Waals surface area contributed by atoms with Gasteiger partial charge in [0, 0.05) is 24.2 Å². The maximum atomic E-state index is 12.8. The third-order valence-electron chi connectivity index (χ3n) is 4.92. The van der Waals surface area contributed by atoms with Crippen molar-refractivity contribution in [3.05, 3.63) is 17.7 Å². The van der Waals surface area contributed by atoms with Crippen LogP contribution in [0.3, 0.4) is 0 Å². The number of carbonyl (C=O) groups is 2. The average molecular weight is 334 g/mol. The van der Waals surface area contributed by atoms with E-state index in [4.69, 9.17) is 0 Å². The summed E-state index contributed by atoms with van der Waals surface area (Å²) in [4.78, 5) is 33.8. The normalized spacial score (nSPS) is 15.2. The summed E-state index contributed by atoms with van der Waals surface area (Å²) in [6.07, 6.45) is 5.75. The number of hydrogen-bond acceptors (Lipinski definition) is 3. The fourth-order valence-electron chi connectivity index (χ4n) is 3.56. The van der Waals surface area contributed by atoms with Gasteiger partial charge in [-0.2, -0.15) is 0 Å². The first-order valence-corrected chi connectivity index (χ1v) is 8.97. The van der Waals surface area contributed by atoms with Crippen LogP contribution >= 0.6 is 0 Å². The second-order valence-corrected chi connectivity index (χ2v) is 7.19. The molecule has 0 spiro atoms. The van der Waals surface area contributed by atoms with Gasteiger partial charge in [0.1, 0.15) is 0 Å². The van der Waals surface area contributed by atoms with Crippen LogP contribution in [-0.2, 0) is 16.0 Å². The van der Waals surface area contributed by atoms with Crippen molar-refractivity contribution in [2.45, 2.75) is 65.8 Å². The van der Waals surface area contributed by atoms with E-state index >= 15 is 0 Å². The molecule has 2 heterocycles. The van der Waals surface area contributed by atoms with Gasteiger partial charge in [-0.1, -0.05) is 33.6 Å². The van der Waals surface area contributed by atoms with Gasteiger partial charge in [0.05, 0.1) is 24.5 Å². The third-order valence-corrected chi connectivity index (χ3v) is 4.92. The second kappa shape index (κ2) is 7.81. The van der Waals surface area contributed by atoms with Gasteiger partial charge in [-0.05, 0) is 19.8 Å². The van der Waals surface area contributed by atoms with Gasteiger partial charge < -0.3 is 15.2 Å². The number of H-pyrrole nitrogens is 1. The fraction of sp³-hybridized carbons (Fsp3) is 0.722. The topological polar surface area (TPSA) is 78.1 Å². The molecule has 0 bridgehead atoms. The van der Waals surface area contributed by atoms with E-state index in [9.17, 15) is 9.59 Å². The minimum absolute atomic E-state index is 0.0350. The molecule has 1 saturated heterocycles. The lowest BCUT2D eigenvalue weighted by molar-refractivity contribution is -0.148. The molecule has 0 atom stereocenters. The van der Waals surface area contributed by atoms with Crippen LogP contribution in [0.5, 0.6) is 0 Å². The molecule has 6 heteroatoms. The third kappa shape index (κ3) is 4.16. The zero-order valence-corrected chi connectivity index (χ0v) is 15.3. The highest BCUT2D eigenvalue weighted by molar-refractivity contribution is 5.84. The Kier molecular flexibility index (Phi) is 6.02. The van der Waals surface area contributed by atoms with Crippen LogP contribution in [0, 0.1) is 12.3 Å². The van der Waals surface area contributed by atoms with Crippen LogP contribution in [0.4, 0.5) is 0 Å². The van der Waals surface area contributed by atoms with Crippen molar-refractivity contribution in [2.75, 3.05) is 13.1 Å².